The van der Waals surface area contributed by atoms with E-state index >= 15 is 0 Å². The number of pyridine rings is 1. The number of nitrogens with one attached hydrogen (secondary N) is 1. The molecule has 1 saturated carbocycles. The van der Waals surface area contributed by atoms with Crippen LogP contribution in [0.2, 0.25) is 0 Å². The molecule has 1 N–H and O–H groups in total. The molecule has 0 radical (unpaired) electrons. The van der Waals surface area contributed by atoms with Gasteiger partial charge in [0.1, 0.15) is 5.82 Å². The van der Waals surface area contributed by atoms with Gasteiger partial charge in [-0.3, -0.25) is 9.69 Å². The molecule has 1 saturated heterocycles. The molecule has 2 aliphatic rings. The average Bonchev–Trinajstić information content (AvgIpc) is 3.34. The van der Waals surface area contributed by atoms with E-state index in [4.69, 9.17) is 4.52 Å². The summed E-state index contributed by atoms with van der Waals surface area (Å²) in [7, 11) is 0. The van der Waals surface area contributed by atoms with E-state index < -0.39 is 0 Å². The maximum Gasteiger partial charge on any atom is 0.244 e. The zero-order valence-electron chi connectivity index (χ0n) is 13.5. The molecule has 1 amide bonds. The maximum atomic E-state index is 12.3. The molecule has 0 spiro atoms. The topological polar surface area (TPSA) is 84.2 Å². The number of hydrogen-bond donors (Lipinski definition) is 1. The Morgan fingerprint density at radius 2 is 2.21 bits per heavy atom. The van der Waals surface area contributed by atoms with Gasteiger partial charge in [-0.15, -0.1) is 0 Å². The van der Waals surface area contributed by atoms with Crippen LogP contribution >= 0.6 is 0 Å². The van der Waals surface area contributed by atoms with Crippen LogP contribution in [-0.4, -0.2) is 39.0 Å². The van der Waals surface area contributed by atoms with Crippen LogP contribution < -0.4 is 5.32 Å². The standard InChI is InChI=1S/C17H21N5O2/c23-15(19-14-6-1-3-9-18-14)11-22-10-4-2-5-13(22)17-20-16(21-24-17)12-7-8-12/h1,3,6,9,12-13H,2,4-5,7-8,10-11H2,(H,18,19,23)/t13-/m1/s1. The van der Waals surface area contributed by atoms with Crippen LogP contribution in [-0.2, 0) is 4.79 Å². The van der Waals surface area contributed by atoms with Crippen LogP contribution in [0.1, 0.15) is 55.8 Å². The lowest BCUT2D eigenvalue weighted by Crippen LogP contribution is -2.39. The minimum absolute atomic E-state index is 0.0354. The third-order valence-corrected chi connectivity index (χ3v) is 4.58. The molecule has 1 aliphatic heterocycles. The SMILES string of the molecule is O=C(CN1CCCC[C@@H]1c1nc(C2CC2)no1)Nc1ccccn1. The van der Waals surface area contributed by atoms with Crippen molar-refractivity contribution in [1.29, 1.82) is 0 Å². The Morgan fingerprint density at radius 3 is 3.00 bits per heavy atom. The monoisotopic (exact) mass is 327 g/mol. The fourth-order valence-electron chi connectivity index (χ4n) is 3.15. The van der Waals surface area contributed by atoms with E-state index in [0.29, 0.717) is 24.2 Å². The highest BCUT2D eigenvalue weighted by Gasteiger charge is 2.33. The van der Waals surface area contributed by atoms with Gasteiger partial charge in [0.15, 0.2) is 5.82 Å². The van der Waals surface area contributed by atoms with Gasteiger partial charge in [0, 0.05) is 12.1 Å². The molecule has 0 unspecified atom stereocenters. The summed E-state index contributed by atoms with van der Waals surface area (Å²) in [6.45, 7) is 1.17. The molecule has 7 nitrogen and oxygen atoms in total. The van der Waals surface area contributed by atoms with Crippen LogP contribution in [0.15, 0.2) is 28.9 Å². The molecule has 0 aromatic carbocycles. The van der Waals surface area contributed by atoms with Crippen molar-refractivity contribution in [1.82, 2.24) is 20.0 Å². The van der Waals surface area contributed by atoms with Crippen LogP contribution in [0.3, 0.4) is 0 Å². The van der Waals surface area contributed by atoms with Gasteiger partial charge >= 0.3 is 0 Å². The molecule has 1 atom stereocenters. The van der Waals surface area contributed by atoms with E-state index in [-0.39, 0.29) is 11.9 Å². The predicted molar refractivity (Wildman–Crippen MR) is 87.3 cm³/mol. The number of piperidine rings is 1. The molecule has 2 aromatic heterocycles. The molecule has 7 heteroatoms. The molecule has 2 fully saturated rings. The Balaban J connectivity index is 1.42. The highest BCUT2D eigenvalue weighted by molar-refractivity contribution is 5.91. The number of hydrogen-bond acceptors (Lipinski definition) is 6. The first-order valence-corrected chi connectivity index (χ1v) is 8.58. The summed E-state index contributed by atoms with van der Waals surface area (Å²) in [5.74, 6) is 2.47. The van der Waals surface area contributed by atoms with Crippen molar-refractivity contribution >= 4 is 11.7 Å². The Bertz CT molecular complexity index is 698. The highest BCUT2D eigenvalue weighted by Crippen LogP contribution is 2.39. The van der Waals surface area contributed by atoms with Gasteiger partial charge in [-0.05, 0) is 44.4 Å². The lowest BCUT2D eigenvalue weighted by atomic mass is 10.0. The zero-order chi connectivity index (χ0) is 16.4. The molecule has 4 rings (SSSR count). The Kier molecular flexibility index (Phi) is 4.25. The second-order valence-electron chi connectivity index (χ2n) is 6.51. The average molecular weight is 327 g/mol. The third-order valence-electron chi connectivity index (χ3n) is 4.58. The quantitative estimate of drug-likeness (QED) is 0.908. The summed E-state index contributed by atoms with van der Waals surface area (Å²) in [4.78, 5) is 23.2. The largest absolute Gasteiger partial charge is 0.338 e. The first-order valence-electron chi connectivity index (χ1n) is 8.58. The fourth-order valence-corrected chi connectivity index (χ4v) is 3.15. The number of nitrogens with zero attached hydrogens (tertiary/aromatic N) is 4. The molecular weight excluding hydrogens is 306 g/mol. The van der Waals surface area contributed by atoms with E-state index in [0.717, 1.165) is 44.5 Å². The van der Waals surface area contributed by atoms with E-state index in [1.165, 1.54) is 0 Å². The van der Waals surface area contributed by atoms with Crippen molar-refractivity contribution in [3.8, 4) is 0 Å². The van der Waals surface area contributed by atoms with Crippen molar-refractivity contribution in [2.45, 2.75) is 44.1 Å². The number of aromatic nitrogens is 3. The number of rotatable bonds is 5. The molecular formula is C17H21N5O2. The molecule has 126 valence electrons. The molecule has 24 heavy (non-hydrogen) atoms. The van der Waals surface area contributed by atoms with Crippen molar-refractivity contribution in [2.24, 2.45) is 0 Å². The summed E-state index contributed by atoms with van der Waals surface area (Å²) in [6, 6.07) is 5.49. The number of carbonyl (C=O) groups is 1. The second-order valence-corrected chi connectivity index (χ2v) is 6.51. The van der Waals surface area contributed by atoms with Crippen molar-refractivity contribution in [3.63, 3.8) is 0 Å². The first kappa shape index (κ1) is 15.3. The van der Waals surface area contributed by atoms with Crippen molar-refractivity contribution in [2.75, 3.05) is 18.4 Å². The van der Waals surface area contributed by atoms with Gasteiger partial charge in [-0.1, -0.05) is 17.6 Å². The highest BCUT2D eigenvalue weighted by atomic mass is 16.5. The fraction of sp³-hybridized carbons (Fsp3) is 0.529. The normalized spacial score (nSPS) is 21.6. The molecule has 3 heterocycles. The minimum Gasteiger partial charge on any atom is -0.338 e. The summed E-state index contributed by atoms with van der Waals surface area (Å²) in [5, 5.41) is 6.95. The summed E-state index contributed by atoms with van der Waals surface area (Å²) >= 11 is 0. The van der Waals surface area contributed by atoms with E-state index in [1.54, 1.807) is 12.3 Å². The Hall–Kier alpha value is -2.28. The van der Waals surface area contributed by atoms with Gasteiger partial charge < -0.3 is 9.84 Å². The number of anilines is 1. The lowest BCUT2D eigenvalue weighted by Gasteiger charge is -2.32. The van der Waals surface area contributed by atoms with Crippen LogP contribution in [0.5, 0.6) is 0 Å². The van der Waals surface area contributed by atoms with Gasteiger partial charge in [0.25, 0.3) is 0 Å². The van der Waals surface area contributed by atoms with Crippen molar-refractivity contribution < 1.29 is 9.32 Å². The number of amides is 1. The van der Waals surface area contributed by atoms with Crippen LogP contribution in [0, 0.1) is 0 Å². The number of likely N-dealkylation sites (tertiary alicyclic amines) is 1. The minimum atomic E-state index is -0.0671. The van der Waals surface area contributed by atoms with Crippen LogP contribution in [0.25, 0.3) is 0 Å². The first-order chi connectivity index (χ1) is 11.8. The summed E-state index contributed by atoms with van der Waals surface area (Å²) < 4.78 is 5.49. The van der Waals surface area contributed by atoms with Gasteiger partial charge in [-0.25, -0.2) is 4.98 Å². The van der Waals surface area contributed by atoms with E-state index in [2.05, 4.69) is 25.3 Å². The molecule has 0 bridgehead atoms. The summed E-state index contributed by atoms with van der Waals surface area (Å²) in [5.41, 5.74) is 0. The molecule has 1 aliphatic carbocycles. The van der Waals surface area contributed by atoms with Gasteiger partial charge in [0.2, 0.25) is 11.8 Å². The maximum absolute atomic E-state index is 12.3. The second kappa shape index (κ2) is 6.68. The number of carbonyl (C=O) groups excluding carboxylic acids is 1. The smallest absolute Gasteiger partial charge is 0.244 e. The molecule has 2 aromatic rings. The predicted octanol–water partition coefficient (Wildman–Crippen LogP) is 2.51. The van der Waals surface area contributed by atoms with E-state index in [1.807, 2.05) is 12.1 Å². The van der Waals surface area contributed by atoms with Crippen molar-refractivity contribution in [3.05, 3.63) is 36.1 Å². The van der Waals surface area contributed by atoms with Gasteiger partial charge in [0.05, 0.1) is 12.6 Å². The Morgan fingerprint density at radius 1 is 1.29 bits per heavy atom. The van der Waals surface area contributed by atoms with Gasteiger partial charge in [-0.2, -0.15) is 4.98 Å². The zero-order valence-corrected chi connectivity index (χ0v) is 13.5. The summed E-state index contributed by atoms with van der Waals surface area (Å²) in [6.07, 6.45) is 7.11. The van der Waals surface area contributed by atoms with Crippen LogP contribution in [0.4, 0.5) is 5.82 Å². The lowest BCUT2D eigenvalue weighted by molar-refractivity contribution is -0.118. The van der Waals surface area contributed by atoms with E-state index in [9.17, 15) is 4.79 Å². The Labute approximate surface area is 140 Å². The third kappa shape index (κ3) is 3.46.